The molecule has 0 bridgehead atoms. The van der Waals surface area contributed by atoms with Crippen molar-refractivity contribution < 1.29 is 9.59 Å². The predicted molar refractivity (Wildman–Crippen MR) is 32.3 cm³/mol. The van der Waals surface area contributed by atoms with Crippen molar-refractivity contribution in [2.24, 2.45) is 4.99 Å². The smallest absolute Gasteiger partial charge is 0.270 e. The van der Waals surface area contributed by atoms with Gasteiger partial charge in [-0.2, -0.15) is 0 Å². The molecule has 0 spiro atoms. The first-order chi connectivity index (χ1) is 4.20. The van der Waals surface area contributed by atoms with Gasteiger partial charge in [-0.3, -0.25) is 9.59 Å². The van der Waals surface area contributed by atoms with Crippen molar-refractivity contribution in [3.63, 3.8) is 0 Å². The lowest BCUT2D eigenvalue weighted by Crippen LogP contribution is -2.09. The van der Waals surface area contributed by atoms with Crippen molar-refractivity contribution in [1.29, 1.82) is 0 Å². The van der Waals surface area contributed by atoms with E-state index in [0.717, 1.165) is 6.21 Å². The van der Waals surface area contributed by atoms with Crippen molar-refractivity contribution >= 4 is 17.9 Å². The second-order valence-electron chi connectivity index (χ2n) is 1.79. The Hall–Kier alpha value is -1.25. The van der Waals surface area contributed by atoms with Crippen LogP contribution in [-0.4, -0.2) is 17.9 Å². The maximum absolute atomic E-state index is 10.6. The van der Waals surface area contributed by atoms with Gasteiger partial charge in [0.25, 0.3) is 5.91 Å². The average Bonchev–Trinajstić information content (AvgIpc) is 1.80. The molecule has 1 aliphatic rings. The van der Waals surface area contributed by atoms with Gasteiger partial charge in [0.2, 0.25) is 0 Å². The molecule has 0 radical (unpaired) electrons. The molecule has 9 heavy (non-hydrogen) atoms. The summed E-state index contributed by atoms with van der Waals surface area (Å²) in [5.41, 5.74) is 0.454. The molecule has 3 nitrogen and oxygen atoms in total. The molecular weight excluding hydrogens is 118 g/mol. The van der Waals surface area contributed by atoms with Crippen molar-refractivity contribution in [1.82, 2.24) is 0 Å². The van der Waals surface area contributed by atoms with Crippen LogP contribution in [0.25, 0.3) is 0 Å². The molecule has 0 N–H and O–H groups in total. The van der Waals surface area contributed by atoms with Crippen LogP contribution >= 0.6 is 0 Å². The summed E-state index contributed by atoms with van der Waals surface area (Å²) in [6.45, 7) is 1.59. The van der Waals surface area contributed by atoms with Gasteiger partial charge in [0, 0.05) is 11.6 Å². The van der Waals surface area contributed by atoms with Gasteiger partial charge in [-0.15, -0.1) is 0 Å². The molecule has 46 valence electrons. The topological polar surface area (TPSA) is 46.5 Å². The Kier molecular flexibility index (Phi) is 1.26. The highest BCUT2D eigenvalue weighted by Gasteiger charge is 2.07. The van der Waals surface area contributed by atoms with E-state index in [2.05, 4.69) is 4.99 Å². The Morgan fingerprint density at radius 2 is 2.11 bits per heavy atom. The number of nitrogens with zero attached hydrogens (tertiary/aromatic N) is 1. The fraction of sp³-hybridized carbons (Fsp3) is 0.167. The Bertz CT molecular complexity index is 225. The number of dihydropyridines is 1. The molecular formula is C6H5NO2. The van der Waals surface area contributed by atoms with E-state index in [9.17, 15) is 9.59 Å². The zero-order valence-electron chi connectivity index (χ0n) is 4.92. The van der Waals surface area contributed by atoms with Crippen LogP contribution in [0.1, 0.15) is 6.92 Å². The van der Waals surface area contributed by atoms with Crippen LogP contribution in [-0.2, 0) is 9.59 Å². The number of carbonyl (C=O) groups excluding carboxylic acids is 2. The van der Waals surface area contributed by atoms with Gasteiger partial charge in [-0.05, 0) is 6.92 Å². The summed E-state index contributed by atoms with van der Waals surface area (Å²) in [5.74, 6) is -0.540. The minimum Gasteiger partial charge on any atom is -0.288 e. The van der Waals surface area contributed by atoms with E-state index in [4.69, 9.17) is 0 Å². The summed E-state index contributed by atoms with van der Waals surface area (Å²) < 4.78 is 0. The van der Waals surface area contributed by atoms with E-state index >= 15 is 0 Å². The summed E-state index contributed by atoms with van der Waals surface area (Å²) in [5, 5.41) is 0. The van der Waals surface area contributed by atoms with Crippen molar-refractivity contribution in [2.75, 3.05) is 0 Å². The minimum atomic E-state index is -0.355. The van der Waals surface area contributed by atoms with Crippen LogP contribution in [0.5, 0.6) is 0 Å². The SMILES string of the molecule is CC1=CC(=O)N=CC1=O. The fourth-order valence-electron chi connectivity index (χ4n) is 0.518. The van der Waals surface area contributed by atoms with Crippen molar-refractivity contribution in [2.45, 2.75) is 6.92 Å². The quantitative estimate of drug-likeness (QED) is 0.459. The zero-order valence-corrected chi connectivity index (χ0v) is 4.92. The molecule has 0 unspecified atom stereocenters. The summed E-state index contributed by atoms with van der Waals surface area (Å²) in [4.78, 5) is 24.2. The highest BCUT2D eigenvalue weighted by molar-refractivity contribution is 6.39. The molecule has 0 aromatic carbocycles. The molecule has 0 fully saturated rings. The third-order valence-electron chi connectivity index (χ3n) is 1.04. The van der Waals surface area contributed by atoms with E-state index in [0.29, 0.717) is 5.57 Å². The molecule has 0 aliphatic carbocycles. The highest BCUT2D eigenvalue weighted by Crippen LogP contribution is 1.98. The maximum Gasteiger partial charge on any atom is 0.270 e. The minimum absolute atomic E-state index is 0.186. The lowest BCUT2D eigenvalue weighted by Gasteiger charge is -1.96. The van der Waals surface area contributed by atoms with Gasteiger partial charge < -0.3 is 0 Å². The maximum atomic E-state index is 10.6. The summed E-state index contributed by atoms with van der Waals surface area (Å²) in [6.07, 6.45) is 2.26. The number of amides is 1. The lowest BCUT2D eigenvalue weighted by molar-refractivity contribution is -0.115. The number of ketones is 1. The third kappa shape index (κ3) is 1.10. The molecule has 1 amide bonds. The Balaban J connectivity index is 2.95. The number of rotatable bonds is 0. The van der Waals surface area contributed by atoms with Gasteiger partial charge in [0.1, 0.15) is 0 Å². The number of hydrogen-bond donors (Lipinski definition) is 0. The van der Waals surface area contributed by atoms with Crippen LogP contribution in [0, 0.1) is 0 Å². The molecule has 1 aliphatic heterocycles. The number of carbonyl (C=O) groups is 2. The van der Waals surface area contributed by atoms with Crippen LogP contribution in [0.3, 0.4) is 0 Å². The second kappa shape index (κ2) is 1.93. The first-order valence-electron chi connectivity index (χ1n) is 2.51. The second-order valence-corrected chi connectivity index (χ2v) is 1.79. The number of aliphatic imine (C=N–C) groups is 1. The van der Waals surface area contributed by atoms with Crippen molar-refractivity contribution in [3.8, 4) is 0 Å². The normalized spacial score (nSPS) is 18.1. The number of Topliss-reactive ketones (excluding diaryl/α,β-unsaturated/α-hetero) is 1. The Morgan fingerprint density at radius 1 is 1.44 bits per heavy atom. The largest absolute Gasteiger partial charge is 0.288 e. The lowest BCUT2D eigenvalue weighted by atomic mass is 10.1. The molecule has 0 atom stereocenters. The first-order valence-corrected chi connectivity index (χ1v) is 2.51. The van der Waals surface area contributed by atoms with E-state index in [1.54, 1.807) is 6.92 Å². The van der Waals surface area contributed by atoms with Crippen molar-refractivity contribution in [3.05, 3.63) is 11.6 Å². The zero-order chi connectivity index (χ0) is 6.85. The average molecular weight is 123 g/mol. The van der Waals surface area contributed by atoms with Gasteiger partial charge >= 0.3 is 0 Å². The van der Waals surface area contributed by atoms with Gasteiger partial charge in [0.15, 0.2) is 5.78 Å². The van der Waals surface area contributed by atoms with E-state index in [1.807, 2.05) is 0 Å². The summed E-state index contributed by atoms with van der Waals surface area (Å²) >= 11 is 0. The van der Waals surface area contributed by atoms with Gasteiger partial charge in [0.05, 0.1) is 6.21 Å². The van der Waals surface area contributed by atoms with Gasteiger partial charge in [-0.1, -0.05) is 0 Å². The first kappa shape index (κ1) is 5.88. The van der Waals surface area contributed by atoms with Crippen LogP contribution in [0.4, 0.5) is 0 Å². The van der Waals surface area contributed by atoms with Crippen LogP contribution < -0.4 is 0 Å². The number of hydrogen-bond acceptors (Lipinski definition) is 2. The molecule has 0 saturated heterocycles. The third-order valence-corrected chi connectivity index (χ3v) is 1.04. The highest BCUT2D eigenvalue weighted by atomic mass is 16.2. The summed E-state index contributed by atoms with van der Waals surface area (Å²) in [7, 11) is 0. The molecule has 0 aromatic rings. The molecule has 0 saturated carbocycles. The standard InChI is InChI=1S/C6H5NO2/c1-4-2-6(9)7-3-5(4)8/h2-3H,1H3. The molecule has 3 heteroatoms. The number of allylic oxidation sites excluding steroid dienone is 1. The molecule has 1 rings (SSSR count). The Morgan fingerprint density at radius 3 is 2.56 bits per heavy atom. The van der Waals surface area contributed by atoms with Crippen LogP contribution in [0.2, 0.25) is 0 Å². The monoisotopic (exact) mass is 123 g/mol. The van der Waals surface area contributed by atoms with E-state index in [-0.39, 0.29) is 11.7 Å². The van der Waals surface area contributed by atoms with E-state index in [1.165, 1.54) is 6.08 Å². The van der Waals surface area contributed by atoms with Crippen LogP contribution in [0.15, 0.2) is 16.6 Å². The van der Waals surface area contributed by atoms with E-state index < -0.39 is 0 Å². The predicted octanol–water partition coefficient (Wildman–Crippen LogP) is 0.113. The fourth-order valence-corrected chi connectivity index (χ4v) is 0.518. The summed E-state index contributed by atoms with van der Waals surface area (Å²) in [6, 6.07) is 0. The molecule has 0 aromatic heterocycles. The van der Waals surface area contributed by atoms with Gasteiger partial charge in [-0.25, -0.2) is 4.99 Å². The Labute approximate surface area is 52.1 Å². The molecule has 1 heterocycles.